The quantitative estimate of drug-likeness (QED) is 0.815. The van der Waals surface area contributed by atoms with Crippen molar-refractivity contribution in [2.24, 2.45) is 0 Å². The molecule has 1 aromatic rings. The molecular formula is C15H19N3O4. The molecule has 1 saturated heterocycles. The van der Waals surface area contributed by atoms with Crippen molar-refractivity contribution in [3.8, 4) is 5.75 Å². The van der Waals surface area contributed by atoms with Crippen LogP contribution >= 0.6 is 0 Å². The highest BCUT2D eigenvalue weighted by molar-refractivity contribution is 6.06. The van der Waals surface area contributed by atoms with Gasteiger partial charge >= 0.3 is 6.03 Å². The molecule has 1 N–H and O–H groups in total. The number of carbonyl (C=O) groups is 3. The molecule has 2 rings (SSSR count). The summed E-state index contributed by atoms with van der Waals surface area (Å²) in [5, 5.41) is 2.59. The highest BCUT2D eigenvalue weighted by atomic mass is 16.5. The molecule has 7 nitrogen and oxygen atoms in total. The second-order valence-corrected chi connectivity index (χ2v) is 5.10. The van der Waals surface area contributed by atoms with Crippen molar-refractivity contribution in [2.45, 2.75) is 13.0 Å². The summed E-state index contributed by atoms with van der Waals surface area (Å²) in [6.07, 6.45) is 0. The van der Waals surface area contributed by atoms with Gasteiger partial charge in [-0.05, 0) is 24.6 Å². The van der Waals surface area contributed by atoms with Gasteiger partial charge < -0.3 is 15.0 Å². The van der Waals surface area contributed by atoms with Gasteiger partial charge in [0.1, 0.15) is 18.3 Å². The molecule has 4 amide bonds. The Morgan fingerprint density at radius 1 is 1.27 bits per heavy atom. The summed E-state index contributed by atoms with van der Waals surface area (Å²) < 4.78 is 5.34. The zero-order chi connectivity index (χ0) is 16.3. The molecular weight excluding hydrogens is 286 g/mol. The minimum atomic E-state index is -0.766. The van der Waals surface area contributed by atoms with Crippen LogP contribution in [0.4, 0.5) is 4.79 Å². The van der Waals surface area contributed by atoms with Crippen LogP contribution in [-0.4, -0.2) is 54.9 Å². The number of hydrogen-bond donors (Lipinski definition) is 1. The zero-order valence-electron chi connectivity index (χ0n) is 12.8. The fourth-order valence-corrected chi connectivity index (χ4v) is 2.09. The van der Waals surface area contributed by atoms with Gasteiger partial charge in [0, 0.05) is 14.1 Å². The number of nitrogens with one attached hydrogen (secondary N) is 1. The van der Waals surface area contributed by atoms with E-state index in [-0.39, 0.29) is 12.5 Å². The van der Waals surface area contributed by atoms with Crippen LogP contribution < -0.4 is 10.1 Å². The molecule has 1 atom stereocenters. The van der Waals surface area contributed by atoms with E-state index in [1.165, 1.54) is 4.90 Å². The molecule has 22 heavy (non-hydrogen) atoms. The van der Waals surface area contributed by atoms with Gasteiger partial charge in [0.25, 0.3) is 5.91 Å². The van der Waals surface area contributed by atoms with Gasteiger partial charge in [0.2, 0.25) is 5.91 Å². The smallest absolute Gasteiger partial charge is 0.325 e. The summed E-state index contributed by atoms with van der Waals surface area (Å²) in [4.78, 5) is 38.2. The largest absolute Gasteiger partial charge is 0.494 e. The molecule has 0 aromatic heterocycles. The topological polar surface area (TPSA) is 79.0 Å². The molecule has 1 fully saturated rings. The van der Waals surface area contributed by atoms with Crippen molar-refractivity contribution in [3.63, 3.8) is 0 Å². The Balaban J connectivity index is 2.12. The Labute approximate surface area is 128 Å². The molecule has 0 unspecified atom stereocenters. The van der Waals surface area contributed by atoms with Gasteiger partial charge in [-0.1, -0.05) is 12.1 Å². The second-order valence-electron chi connectivity index (χ2n) is 5.10. The highest BCUT2D eigenvalue weighted by Crippen LogP contribution is 2.24. The molecule has 1 aliphatic rings. The zero-order valence-corrected chi connectivity index (χ0v) is 12.8. The molecule has 118 valence electrons. The van der Waals surface area contributed by atoms with E-state index >= 15 is 0 Å². The van der Waals surface area contributed by atoms with Crippen LogP contribution in [0, 0.1) is 0 Å². The van der Waals surface area contributed by atoms with Crippen LogP contribution in [0.15, 0.2) is 24.3 Å². The molecule has 0 aliphatic carbocycles. The van der Waals surface area contributed by atoms with E-state index in [0.29, 0.717) is 17.9 Å². The third kappa shape index (κ3) is 3.19. The third-order valence-electron chi connectivity index (χ3n) is 3.34. The van der Waals surface area contributed by atoms with Crippen LogP contribution in [0.2, 0.25) is 0 Å². The minimum absolute atomic E-state index is 0.259. The summed E-state index contributed by atoms with van der Waals surface area (Å²) >= 11 is 0. The van der Waals surface area contributed by atoms with E-state index in [1.54, 1.807) is 38.4 Å². The number of ether oxygens (including phenoxy) is 1. The van der Waals surface area contributed by atoms with Crippen LogP contribution in [0.5, 0.6) is 5.75 Å². The minimum Gasteiger partial charge on any atom is -0.494 e. The number of nitrogens with zero attached hydrogens (tertiary/aromatic N) is 2. The number of hydrogen-bond acceptors (Lipinski definition) is 4. The Morgan fingerprint density at radius 3 is 2.45 bits per heavy atom. The van der Waals surface area contributed by atoms with Crippen molar-refractivity contribution < 1.29 is 19.1 Å². The lowest BCUT2D eigenvalue weighted by Crippen LogP contribution is -2.40. The number of likely N-dealkylation sites (N-methyl/N-ethyl adjacent to an activating group) is 1. The first-order chi connectivity index (χ1) is 10.4. The van der Waals surface area contributed by atoms with Crippen molar-refractivity contribution in [1.29, 1.82) is 0 Å². The fourth-order valence-electron chi connectivity index (χ4n) is 2.09. The molecule has 0 radical (unpaired) electrons. The molecule has 0 saturated carbocycles. The van der Waals surface area contributed by atoms with Crippen molar-refractivity contribution >= 4 is 17.8 Å². The summed E-state index contributed by atoms with van der Waals surface area (Å²) in [5.41, 5.74) is 0.654. The second kappa shape index (κ2) is 6.46. The van der Waals surface area contributed by atoms with Crippen LogP contribution in [0.25, 0.3) is 0 Å². The monoisotopic (exact) mass is 305 g/mol. The van der Waals surface area contributed by atoms with Crippen molar-refractivity contribution in [3.05, 3.63) is 29.8 Å². The van der Waals surface area contributed by atoms with Gasteiger partial charge in [-0.2, -0.15) is 0 Å². The normalized spacial score (nSPS) is 17.4. The van der Waals surface area contributed by atoms with E-state index in [9.17, 15) is 14.4 Å². The first-order valence-electron chi connectivity index (χ1n) is 6.98. The van der Waals surface area contributed by atoms with E-state index in [4.69, 9.17) is 4.74 Å². The number of carbonyl (C=O) groups excluding carboxylic acids is 3. The predicted octanol–water partition coefficient (Wildman–Crippen LogP) is 0.766. The lowest BCUT2D eigenvalue weighted by molar-refractivity contribution is -0.135. The summed E-state index contributed by atoms with van der Waals surface area (Å²) in [6, 6.07) is 5.62. The lowest BCUT2D eigenvalue weighted by atomic mass is 10.1. The maximum absolute atomic E-state index is 12.3. The Morgan fingerprint density at radius 2 is 1.91 bits per heavy atom. The molecule has 1 aliphatic heterocycles. The first kappa shape index (κ1) is 15.8. The SMILES string of the molecule is CCOc1ccc([C@@H]2NC(=O)N(CC(=O)N(C)C)C2=O)cc1. The standard InChI is InChI=1S/C15H19N3O4/c1-4-22-11-7-5-10(6-8-11)13-14(20)18(15(21)16-13)9-12(19)17(2)3/h5-8,13H,4,9H2,1-3H3,(H,16,21)/t13-/m0/s1. The van der Waals surface area contributed by atoms with E-state index in [0.717, 1.165) is 4.90 Å². The van der Waals surface area contributed by atoms with Crippen molar-refractivity contribution in [1.82, 2.24) is 15.1 Å². The maximum Gasteiger partial charge on any atom is 0.325 e. The Bertz CT molecular complexity index is 583. The third-order valence-corrected chi connectivity index (χ3v) is 3.34. The molecule has 1 heterocycles. The van der Waals surface area contributed by atoms with Gasteiger partial charge in [-0.25, -0.2) is 4.79 Å². The lowest BCUT2D eigenvalue weighted by Gasteiger charge is -2.16. The number of urea groups is 1. The van der Waals surface area contributed by atoms with E-state index < -0.39 is 18.0 Å². The summed E-state index contributed by atoms with van der Waals surface area (Å²) in [7, 11) is 3.15. The van der Waals surface area contributed by atoms with Crippen molar-refractivity contribution in [2.75, 3.05) is 27.2 Å². The van der Waals surface area contributed by atoms with E-state index in [1.807, 2.05) is 6.92 Å². The Hall–Kier alpha value is -2.57. The highest BCUT2D eigenvalue weighted by Gasteiger charge is 2.39. The summed E-state index contributed by atoms with van der Waals surface area (Å²) in [6.45, 7) is 2.18. The molecule has 7 heteroatoms. The van der Waals surface area contributed by atoms with Crippen LogP contribution in [-0.2, 0) is 9.59 Å². The number of benzene rings is 1. The Kier molecular flexibility index (Phi) is 4.65. The summed E-state index contributed by atoms with van der Waals surface area (Å²) in [5.74, 6) is -0.0390. The predicted molar refractivity (Wildman–Crippen MR) is 79.3 cm³/mol. The average Bonchev–Trinajstić information content (AvgIpc) is 2.76. The molecule has 1 aromatic carbocycles. The van der Waals surface area contributed by atoms with Crippen LogP contribution in [0.3, 0.4) is 0 Å². The van der Waals surface area contributed by atoms with E-state index in [2.05, 4.69) is 5.32 Å². The number of imide groups is 1. The average molecular weight is 305 g/mol. The fraction of sp³-hybridized carbons (Fsp3) is 0.400. The van der Waals surface area contributed by atoms with Crippen LogP contribution in [0.1, 0.15) is 18.5 Å². The van der Waals surface area contributed by atoms with Gasteiger partial charge in [-0.15, -0.1) is 0 Å². The molecule has 0 spiro atoms. The van der Waals surface area contributed by atoms with Gasteiger partial charge in [0.05, 0.1) is 6.61 Å². The number of amides is 4. The van der Waals surface area contributed by atoms with Gasteiger partial charge in [0.15, 0.2) is 0 Å². The number of rotatable bonds is 5. The first-order valence-corrected chi connectivity index (χ1v) is 6.98. The maximum atomic E-state index is 12.3. The van der Waals surface area contributed by atoms with Gasteiger partial charge in [-0.3, -0.25) is 14.5 Å². The molecule has 0 bridgehead atoms.